The Morgan fingerprint density at radius 1 is 1.32 bits per heavy atom. The van der Waals surface area contributed by atoms with Crippen LogP contribution in [0.5, 0.6) is 0 Å². The lowest BCUT2D eigenvalue weighted by Crippen LogP contribution is -2.16. The van der Waals surface area contributed by atoms with Crippen molar-refractivity contribution >= 4 is 22.6 Å². The number of thioether (sulfide) groups is 1. The van der Waals surface area contributed by atoms with Crippen LogP contribution in [0.25, 0.3) is 0 Å². The minimum atomic E-state index is 0.377. The Morgan fingerprint density at radius 2 is 2.05 bits per heavy atom. The summed E-state index contributed by atoms with van der Waals surface area (Å²) in [6.07, 6.45) is 1.21. The maximum absolute atomic E-state index is 4.64. The highest BCUT2D eigenvalue weighted by atomic mass is 32.2. The van der Waals surface area contributed by atoms with Crippen molar-refractivity contribution in [2.75, 3.05) is 11.9 Å². The SMILES string of the molecule is Cc1cccc(NC2=NCC(CC(C)(C)C)S2)c1C. The summed E-state index contributed by atoms with van der Waals surface area (Å²) < 4.78 is 0. The lowest BCUT2D eigenvalue weighted by Gasteiger charge is -2.21. The highest BCUT2D eigenvalue weighted by molar-refractivity contribution is 8.15. The molecule has 0 saturated carbocycles. The van der Waals surface area contributed by atoms with Gasteiger partial charge < -0.3 is 5.32 Å². The summed E-state index contributed by atoms with van der Waals surface area (Å²) in [6, 6.07) is 6.37. The minimum absolute atomic E-state index is 0.377. The summed E-state index contributed by atoms with van der Waals surface area (Å²) >= 11 is 1.89. The molecule has 1 aliphatic rings. The number of aliphatic imine (C=N–C) groups is 1. The van der Waals surface area contributed by atoms with Gasteiger partial charge >= 0.3 is 0 Å². The lowest BCUT2D eigenvalue weighted by molar-refractivity contribution is 0.375. The van der Waals surface area contributed by atoms with Crippen molar-refractivity contribution in [1.82, 2.24) is 0 Å². The number of hydrogen-bond acceptors (Lipinski definition) is 3. The molecule has 2 rings (SSSR count). The normalized spacial score (nSPS) is 19.4. The zero-order valence-electron chi connectivity index (χ0n) is 12.6. The Morgan fingerprint density at radius 3 is 2.74 bits per heavy atom. The fourth-order valence-electron chi connectivity index (χ4n) is 2.28. The topological polar surface area (TPSA) is 24.4 Å². The van der Waals surface area contributed by atoms with Crippen molar-refractivity contribution in [3.63, 3.8) is 0 Å². The molecule has 1 heterocycles. The maximum Gasteiger partial charge on any atom is 0.161 e. The van der Waals surface area contributed by atoms with Gasteiger partial charge in [-0.1, -0.05) is 44.7 Å². The fourth-order valence-corrected chi connectivity index (χ4v) is 3.64. The summed E-state index contributed by atoms with van der Waals surface area (Å²) in [5.74, 6) is 0. The third kappa shape index (κ3) is 4.00. The van der Waals surface area contributed by atoms with E-state index in [1.54, 1.807) is 0 Å². The van der Waals surface area contributed by atoms with E-state index in [0.29, 0.717) is 10.7 Å². The molecule has 0 radical (unpaired) electrons. The molecule has 1 unspecified atom stereocenters. The van der Waals surface area contributed by atoms with Crippen molar-refractivity contribution in [3.05, 3.63) is 29.3 Å². The molecular weight excluding hydrogens is 252 g/mol. The molecule has 0 saturated heterocycles. The smallest absolute Gasteiger partial charge is 0.161 e. The van der Waals surface area contributed by atoms with Crippen molar-refractivity contribution in [2.24, 2.45) is 10.4 Å². The van der Waals surface area contributed by atoms with Crippen molar-refractivity contribution in [3.8, 4) is 0 Å². The van der Waals surface area contributed by atoms with Crippen LogP contribution in [-0.2, 0) is 0 Å². The van der Waals surface area contributed by atoms with Gasteiger partial charge in [-0.05, 0) is 42.9 Å². The zero-order valence-corrected chi connectivity index (χ0v) is 13.4. The molecule has 2 nitrogen and oxygen atoms in total. The molecule has 1 aliphatic heterocycles. The Kier molecular flexibility index (Phi) is 4.24. The number of nitrogens with one attached hydrogen (secondary N) is 1. The standard InChI is InChI=1S/C16H24N2S/c1-11-7-6-8-14(12(11)2)18-15-17-10-13(19-15)9-16(3,4)5/h6-8,13H,9-10H2,1-5H3,(H,17,18). The first kappa shape index (κ1) is 14.4. The predicted octanol–water partition coefficient (Wildman–Crippen LogP) is 4.62. The van der Waals surface area contributed by atoms with E-state index in [2.05, 4.69) is 63.1 Å². The highest BCUT2D eigenvalue weighted by Gasteiger charge is 2.25. The number of nitrogens with zero attached hydrogens (tertiary/aromatic N) is 1. The number of amidine groups is 1. The Labute approximate surface area is 121 Å². The van der Waals surface area contributed by atoms with Gasteiger partial charge in [-0.15, -0.1) is 0 Å². The second-order valence-electron chi connectivity index (χ2n) is 6.52. The van der Waals surface area contributed by atoms with Crippen molar-refractivity contribution < 1.29 is 0 Å². The van der Waals surface area contributed by atoms with E-state index in [-0.39, 0.29) is 0 Å². The van der Waals surface area contributed by atoms with Gasteiger partial charge in [-0.3, -0.25) is 4.99 Å². The quantitative estimate of drug-likeness (QED) is 0.852. The average Bonchev–Trinajstić information content (AvgIpc) is 2.70. The van der Waals surface area contributed by atoms with Crippen LogP contribution in [0.2, 0.25) is 0 Å². The Bertz CT molecular complexity index is 486. The molecule has 0 spiro atoms. The second-order valence-corrected chi connectivity index (χ2v) is 7.81. The average molecular weight is 276 g/mol. The molecule has 1 aromatic rings. The van der Waals surface area contributed by atoms with Gasteiger partial charge in [0.1, 0.15) is 0 Å². The molecular formula is C16H24N2S. The molecule has 0 aliphatic carbocycles. The van der Waals surface area contributed by atoms with Crippen LogP contribution in [0.3, 0.4) is 0 Å². The van der Waals surface area contributed by atoms with Crippen LogP contribution in [0.15, 0.2) is 23.2 Å². The molecule has 19 heavy (non-hydrogen) atoms. The summed E-state index contributed by atoms with van der Waals surface area (Å²) in [7, 11) is 0. The summed E-state index contributed by atoms with van der Waals surface area (Å²) in [5.41, 5.74) is 4.19. The van der Waals surface area contributed by atoms with Crippen LogP contribution >= 0.6 is 11.8 Å². The predicted molar refractivity (Wildman–Crippen MR) is 87.3 cm³/mol. The second kappa shape index (κ2) is 5.58. The van der Waals surface area contributed by atoms with Gasteiger partial charge in [-0.2, -0.15) is 0 Å². The highest BCUT2D eigenvalue weighted by Crippen LogP contribution is 2.32. The molecule has 104 valence electrons. The van der Waals surface area contributed by atoms with E-state index in [9.17, 15) is 0 Å². The number of rotatable bonds is 2. The van der Waals surface area contributed by atoms with Gasteiger partial charge in [0.05, 0.1) is 6.54 Å². The van der Waals surface area contributed by atoms with Crippen molar-refractivity contribution in [2.45, 2.75) is 46.3 Å². The number of anilines is 1. The number of hydrogen-bond donors (Lipinski definition) is 1. The van der Waals surface area contributed by atoms with Gasteiger partial charge in [0.2, 0.25) is 0 Å². The van der Waals surface area contributed by atoms with Gasteiger partial charge in [0.15, 0.2) is 5.17 Å². The van der Waals surface area contributed by atoms with E-state index < -0.39 is 0 Å². The summed E-state index contributed by atoms with van der Waals surface area (Å²) in [6.45, 7) is 12.1. The van der Waals surface area contributed by atoms with E-state index in [1.165, 1.54) is 23.2 Å². The van der Waals surface area contributed by atoms with E-state index in [0.717, 1.165) is 11.7 Å². The number of benzene rings is 1. The van der Waals surface area contributed by atoms with Crippen LogP contribution in [-0.4, -0.2) is 17.0 Å². The number of aryl methyl sites for hydroxylation is 1. The molecule has 0 aromatic heterocycles. The van der Waals surface area contributed by atoms with Gasteiger partial charge in [0.25, 0.3) is 0 Å². The molecule has 1 aromatic carbocycles. The third-order valence-electron chi connectivity index (χ3n) is 3.40. The summed E-state index contributed by atoms with van der Waals surface area (Å²) in [4.78, 5) is 4.64. The van der Waals surface area contributed by atoms with E-state index in [4.69, 9.17) is 0 Å². The molecule has 0 amide bonds. The molecule has 0 fully saturated rings. The van der Waals surface area contributed by atoms with Crippen LogP contribution < -0.4 is 5.32 Å². The third-order valence-corrected chi connectivity index (χ3v) is 4.51. The van der Waals surface area contributed by atoms with Crippen molar-refractivity contribution in [1.29, 1.82) is 0 Å². The van der Waals surface area contributed by atoms with Crippen LogP contribution in [0, 0.1) is 19.3 Å². The fraction of sp³-hybridized carbons (Fsp3) is 0.562. The van der Waals surface area contributed by atoms with Gasteiger partial charge in [0, 0.05) is 10.9 Å². The molecule has 1 N–H and O–H groups in total. The molecule has 1 atom stereocenters. The minimum Gasteiger partial charge on any atom is -0.335 e. The van der Waals surface area contributed by atoms with E-state index >= 15 is 0 Å². The Balaban J connectivity index is 1.97. The van der Waals surface area contributed by atoms with Gasteiger partial charge in [-0.25, -0.2) is 0 Å². The first-order valence-corrected chi connectivity index (χ1v) is 7.77. The maximum atomic E-state index is 4.64. The zero-order chi connectivity index (χ0) is 14.0. The van der Waals surface area contributed by atoms with Crippen LogP contribution in [0.4, 0.5) is 5.69 Å². The first-order chi connectivity index (χ1) is 8.85. The molecule has 3 heteroatoms. The largest absolute Gasteiger partial charge is 0.335 e. The van der Waals surface area contributed by atoms with Crippen LogP contribution in [0.1, 0.15) is 38.3 Å². The lowest BCUT2D eigenvalue weighted by atomic mass is 9.90. The van der Waals surface area contributed by atoms with E-state index in [1.807, 2.05) is 11.8 Å². The molecule has 0 bridgehead atoms. The summed E-state index contributed by atoms with van der Waals surface area (Å²) in [5, 5.41) is 5.17. The first-order valence-electron chi connectivity index (χ1n) is 6.89. The monoisotopic (exact) mass is 276 g/mol. The Hall–Kier alpha value is -0.960.